The molecular formula is C27H26ClN3O3. The van der Waals surface area contributed by atoms with E-state index in [1.165, 1.54) is 0 Å². The van der Waals surface area contributed by atoms with Crippen LogP contribution in [0.2, 0.25) is 5.02 Å². The molecule has 1 heterocycles. The quantitative estimate of drug-likeness (QED) is 0.480. The molecule has 3 aromatic rings. The fourth-order valence-electron chi connectivity index (χ4n) is 4.15. The van der Waals surface area contributed by atoms with E-state index in [0.29, 0.717) is 22.7 Å². The summed E-state index contributed by atoms with van der Waals surface area (Å²) in [5.41, 5.74) is 2.45. The Kier molecular flexibility index (Phi) is 7.10. The van der Waals surface area contributed by atoms with Gasteiger partial charge in [-0.25, -0.2) is 5.01 Å². The van der Waals surface area contributed by atoms with Crippen LogP contribution in [0.1, 0.15) is 45.7 Å². The summed E-state index contributed by atoms with van der Waals surface area (Å²) in [5.74, 6) is -1.32. The van der Waals surface area contributed by atoms with Crippen molar-refractivity contribution in [2.45, 2.75) is 33.0 Å². The van der Waals surface area contributed by atoms with Gasteiger partial charge >= 0.3 is 0 Å². The van der Waals surface area contributed by atoms with Crippen LogP contribution in [0.3, 0.4) is 0 Å². The number of fused-ring (bicyclic) bond motifs is 1. The first-order valence-electron chi connectivity index (χ1n) is 11.2. The molecule has 1 atom stereocenters. The van der Waals surface area contributed by atoms with Crippen LogP contribution in [0.4, 0.5) is 0 Å². The summed E-state index contributed by atoms with van der Waals surface area (Å²) in [6.45, 7) is 4.34. The number of rotatable bonds is 8. The van der Waals surface area contributed by atoms with Gasteiger partial charge in [-0.1, -0.05) is 80.0 Å². The Bertz CT molecular complexity index is 1160. The average molecular weight is 476 g/mol. The van der Waals surface area contributed by atoms with Gasteiger partial charge in [-0.15, -0.1) is 0 Å². The molecule has 34 heavy (non-hydrogen) atoms. The van der Waals surface area contributed by atoms with Crippen molar-refractivity contribution in [3.05, 3.63) is 106 Å². The minimum atomic E-state index is -0.762. The summed E-state index contributed by atoms with van der Waals surface area (Å²) in [6, 6.07) is 22.7. The zero-order chi connectivity index (χ0) is 24.2. The molecule has 3 amide bonds. The zero-order valence-corrected chi connectivity index (χ0v) is 19.8. The number of benzene rings is 3. The lowest BCUT2D eigenvalue weighted by atomic mass is 10.0. The third-order valence-electron chi connectivity index (χ3n) is 5.82. The molecule has 0 fully saturated rings. The van der Waals surface area contributed by atoms with Crippen LogP contribution in [0.25, 0.3) is 0 Å². The average Bonchev–Trinajstić information content (AvgIpc) is 3.09. The molecule has 0 aliphatic carbocycles. The molecule has 0 spiro atoms. The molecule has 6 nitrogen and oxygen atoms in total. The fraction of sp³-hybridized carbons (Fsp3) is 0.222. The summed E-state index contributed by atoms with van der Waals surface area (Å²) < 4.78 is 0. The highest BCUT2D eigenvalue weighted by molar-refractivity contribution is 6.30. The Morgan fingerprint density at radius 1 is 0.853 bits per heavy atom. The molecular weight excluding hydrogens is 450 g/mol. The Hall–Kier alpha value is -3.48. The first-order chi connectivity index (χ1) is 16.4. The highest BCUT2D eigenvalue weighted by atomic mass is 35.5. The third kappa shape index (κ3) is 4.88. The van der Waals surface area contributed by atoms with Crippen LogP contribution in [0.5, 0.6) is 0 Å². The number of hydrazine groups is 1. The fourth-order valence-corrected chi connectivity index (χ4v) is 4.28. The van der Waals surface area contributed by atoms with E-state index in [0.717, 1.165) is 16.1 Å². The number of nitrogens with one attached hydrogen (secondary N) is 1. The van der Waals surface area contributed by atoms with Crippen LogP contribution in [-0.2, 0) is 17.9 Å². The second-order valence-electron chi connectivity index (χ2n) is 8.58. The molecule has 0 radical (unpaired) electrons. The highest BCUT2D eigenvalue weighted by Crippen LogP contribution is 2.28. The third-order valence-corrected chi connectivity index (χ3v) is 6.07. The number of carbonyl (C=O) groups is 3. The Morgan fingerprint density at radius 2 is 1.41 bits per heavy atom. The predicted molar refractivity (Wildman–Crippen MR) is 131 cm³/mol. The first-order valence-corrected chi connectivity index (χ1v) is 11.5. The molecule has 1 N–H and O–H groups in total. The molecule has 4 rings (SSSR count). The number of carbonyl (C=O) groups excluding carboxylic acids is 3. The topological polar surface area (TPSA) is 69.7 Å². The summed E-state index contributed by atoms with van der Waals surface area (Å²) >= 11 is 6.05. The summed E-state index contributed by atoms with van der Waals surface area (Å²) in [5, 5.41) is 6.26. The second kappa shape index (κ2) is 10.2. The van der Waals surface area contributed by atoms with E-state index in [1.807, 2.05) is 56.3 Å². The predicted octanol–water partition coefficient (Wildman–Crippen LogP) is 4.69. The highest BCUT2D eigenvalue weighted by Gasteiger charge is 2.44. The maximum atomic E-state index is 13.5. The van der Waals surface area contributed by atoms with Crippen molar-refractivity contribution in [3.8, 4) is 0 Å². The molecule has 0 saturated heterocycles. The molecule has 0 aromatic heterocycles. The lowest BCUT2D eigenvalue weighted by Gasteiger charge is -2.38. The maximum absolute atomic E-state index is 13.5. The minimum Gasteiger partial charge on any atom is -0.351 e. The van der Waals surface area contributed by atoms with E-state index >= 15 is 0 Å². The Labute approximate surface area is 204 Å². The van der Waals surface area contributed by atoms with Gasteiger partial charge in [0.15, 0.2) is 0 Å². The lowest BCUT2D eigenvalue weighted by Crippen LogP contribution is -2.58. The van der Waals surface area contributed by atoms with Gasteiger partial charge < -0.3 is 5.32 Å². The molecule has 0 bridgehead atoms. The number of halogens is 1. The Morgan fingerprint density at radius 3 is 1.97 bits per heavy atom. The van der Waals surface area contributed by atoms with Gasteiger partial charge in [0.05, 0.1) is 11.1 Å². The van der Waals surface area contributed by atoms with Crippen molar-refractivity contribution in [2.75, 3.05) is 0 Å². The number of hydrogen-bond donors (Lipinski definition) is 1. The lowest BCUT2D eigenvalue weighted by molar-refractivity contribution is -0.134. The largest absolute Gasteiger partial charge is 0.351 e. The second-order valence-corrected chi connectivity index (χ2v) is 9.02. The van der Waals surface area contributed by atoms with Gasteiger partial charge in [-0.2, -0.15) is 5.01 Å². The van der Waals surface area contributed by atoms with E-state index in [4.69, 9.17) is 11.6 Å². The first kappa shape index (κ1) is 23.7. The molecule has 1 aliphatic rings. The van der Waals surface area contributed by atoms with E-state index in [-0.39, 0.29) is 18.4 Å². The van der Waals surface area contributed by atoms with Crippen LogP contribution in [0, 0.1) is 5.92 Å². The van der Waals surface area contributed by atoms with Crippen LogP contribution < -0.4 is 5.32 Å². The van der Waals surface area contributed by atoms with Gasteiger partial charge in [0, 0.05) is 18.1 Å². The normalized spacial score (nSPS) is 14.0. The molecule has 3 aromatic carbocycles. The smallest absolute Gasteiger partial charge is 0.276 e. The van der Waals surface area contributed by atoms with Crippen molar-refractivity contribution >= 4 is 29.3 Å². The maximum Gasteiger partial charge on any atom is 0.276 e. The molecule has 0 saturated carbocycles. The number of nitrogens with zero attached hydrogens (tertiary/aromatic N) is 2. The van der Waals surface area contributed by atoms with E-state index in [1.54, 1.807) is 41.4 Å². The van der Waals surface area contributed by atoms with Crippen LogP contribution >= 0.6 is 11.6 Å². The van der Waals surface area contributed by atoms with Crippen LogP contribution in [0.15, 0.2) is 78.9 Å². The molecule has 1 aliphatic heterocycles. The van der Waals surface area contributed by atoms with Crippen molar-refractivity contribution in [2.24, 2.45) is 5.92 Å². The number of amides is 3. The van der Waals surface area contributed by atoms with Crippen LogP contribution in [-0.4, -0.2) is 33.8 Å². The van der Waals surface area contributed by atoms with E-state index in [9.17, 15) is 14.4 Å². The van der Waals surface area contributed by atoms with Gasteiger partial charge in [0.25, 0.3) is 11.8 Å². The van der Waals surface area contributed by atoms with Gasteiger partial charge in [0.1, 0.15) is 6.04 Å². The summed E-state index contributed by atoms with van der Waals surface area (Å²) in [4.78, 5) is 40.1. The van der Waals surface area contributed by atoms with Gasteiger partial charge in [0.2, 0.25) is 5.91 Å². The van der Waals surface area contributed by atoms with Crippen molar-refractivity contribution in [1.29, 1.82) is 0 Å². The number of hydrogen-bond acceptors (Lipinski definition) is 4. The van der Waals surface area contributed by atoms with Gasteiger partial charge in [-0.3, -0.25) is 14.4 Å². The summed E-state index contributed by atoms with van der Waals surface area (Å²) in [6.07, 6.45) is 0. The number of imide groups is 1. The van der Waals surface area contributed by atoms with Gasteiger partial charge in [-0.05, 0) is 41.3 Å². The standard InChI is InChI=1S/C27H26ClN3O3/c1-18(2)24(25(32)29-16-19-8-4-3-5-9-19)30(17-20-12-14-21(28)15-13-20)31-26(33)22-10-6-7-11-23(22)27(31)34/h3-15,18,24H,16-17H2,1-2H3,(H,29,32). The van der Waals surface area contributed by atoms with Crippen molar-refractivity contribution in [3.63, 3.8) is 0 Å². The summed E-state index contributed by atoms with van der Waals surface area (Å²) in [7, 11) is 0. The molecule has 174 valence electrons. The van der Waals surface area contributed by atoms with E-state index in [2.05, 4.69) is 5.32 Å². The monoisotopic (exact) mass is 475 g/mol. The van der Waals surface area contributed by atoms with Crippen molar-refractivity contribution < 1.29 is 14.4 Å². The Balaban J connectivity index is 1.68. The minimum absolute atomic E-state index is 0.185. The SMILES string of the molecule is CC(C)C(C(=O)NCc1ccccc1)N(Cc1ccc(Cl)cc1)N1C(=O)c2ccccc2C1=O. The zero-order valence-electron chi connectivity index (χ0n) is 19.1. The molecule has 1 unspecified atom stereocenters. The molecule has 7 heteroatoms. The van der Waals surface area contributed by atoms with Crippen molar-refractivity contribution in [1.82, 2.24) is 15.3 Å². The van der Waals surface area contributed by atoms with E-state index < -0.39 is 17.9 Å².